The first-order chi connectivity index (χ1) is 13.0. The largest absolute Gasteiger partial charge is 0.497 e. The Morgan fingerprint density at radius 1 is 1.11 bits per heavy atom. The molecule has 1 aromatic carbocycles. The van der Waals surface area contributed by atoms with E-state index in [1.165, 1.54) is 25.7 Å². The first kappa shape index (κ1) is 19.0. The van der Waals surface area contributed by atoms with Gasteiger partial charge in [-0.15, -0.1) is 0 Å². The topological polar surface area (TPSA) is 61.9 Å². The number of thiocarbonyl (C=S) groups is 1. The summed E-state index contributed by atoms with van der Waals surface area (Å²) in [7, 11) is -1.91. The number of methoxy groups -OCH3 is 1. The average molecular weight is 410 g/mol. The van der Waals surface area contributed by atoms with Crippen LogP contribution in [0, 0.1) is 11.8 Å². The van der Waals surface area contributed by atoms with Gasteiger partial charge in [0.1, 0.15) is 5.75 Å². The molecule has 1 N–H and O–H groups in total. The van der Waals surface area contributed by atoms with Crippen molar-refractivity contribution in [3.05, 3.63) is 24.3 Å². The van der Waals surface area contributed by atoms with Gasteiger partial charge in [-0.3, -0.25) is 0 Å². The number of fused-ring (bicyclic) bond motifs is 2. The summed E-state index contributed by atoms with van der Waals surface area (Å²) >= 11 is 5.61. The van der Waals surface area contributed by atoms with E-state index in [4.69, 9.17) is 17.0 Å². The smallest absolute Gasteiger partial charge is 0.243 e. The van der Waals surface area contributed by atoms with Crippen LogP contribution in [0.25, 0.3) is 0 Å². The second-order valence-electron chi connectivity index (χ2n) is 7.80. The van der Waals surface area contributed by atoms with Crippen molar-refractivity contribution in [3.8, 4) is 5.75 Å². The molecule has 1 aliphatic heterocycles. The number of piperazine rings is 1. The van der Waals surface area contributed by atoms with Gasteiger partial charge in [-0.25, -0.2) is 8.42 Å². The summed E-state index contributed by atoms with van der Waals surface area (Å²) in [6, 6.07) is 7.07. The minimum Gasteiger partial charge on any atom is -0.497 e. The highest BCUT2D eigenvalue weighted by molar-refractivity contribution is 7.89. The molecule has 4 rings (SSSR count). The Labute approximate surface area is 166 Å². The first-order valence-corrected chi connectivity index (χ1v) is 11.5. The summed E-state index contributed by atoms with van der Waals surface area (Å²) in [6.45, 7) is 2.16. The predicted molar refractivity (Wildman–Crippen MR) is 108 cm³/mol. The Morgan fingerprint density at radius 2 is 1.81 bits per heavy atom. The highest BCUT2D eigenvalue weighted by atomic mass is 32.2. The number of sulfonamides is 1. The van der Waals surface area contributed by atoms with Gasteiger partial charge in [0, 0.05) is 32.2 Å². The molecular weight excluding hydrogens is 382 g/mol. The van der Waals surface area contributed by atoms with E-state index in [1.807, 2.05) is 0 Å². The van der Waals surface area contributed by atoms with Gasteiger partial charge in [-0.2, -0.15) is 4.31 Å². The van der Waals surface area contributed by atoms with Crippen molar-refractivity contribution >= 4 is 27.4 Å². The molecule has 6 nitrogen and oxygen atoms in total. The van der Waals surface area contributed by atoms with E-state index in [9.17, 15) is 8.42 Å². The number of nitrogens with zero attached hydrogens (tertiary/aromatic N) is 2. The number of ether oxygens (including phenoxy) is 1. The van der Waals surface area contributed by atoms with E-state index in [0.717, 1.165) is 16.9 Å². The number of hydrogen-bond acceptors (Lipinski definition) is 4. The van der Waals surface area contributed by atoms with Crippen LogP contribution in [0.2, 0.25) is 0 Å². The van der Waals surface area contributed by atoms with Gasteiger partial charge in [0.15, 0.2) is 5.11 Å². The molecule has 2 aliphatic carbocycles. The molecule has 3 atom stereocenters. The quantitative estimate of drug-likeness (QED) is 0.768. The molecule has 148 valence electrons. The summed E-state index contributed by atoms with van der Waals surface area (Å²) in [5, 5.41) is 4.34. The zero-order valence-corrected chi connectivity index (χ0v) is 17.3. The molecule has 2 bridgehead atoms. The van der Waals surface area contributed by atoms with Crippen LogP contribution in [0.5, 0.6) is 5.75 Å². The summed E-state index contributed by atoms with van der Waals surface area (Å²) in [4.78, 5) is 2.42. The van der Waals surface area contributed by atoms with Crippen LogP contribution in [0.4, 0.5) is 0 Å². The Balaban J connectivity index is 1.33. The maximum Gasteiger partial charge on any atom is 0.243 e. The first-order valence-electron chi connectivity index (χ1n) is 9.67. The summed E-state index contributed by atoms with van der Waals surface area (Å²) in [5.74, 6) is 2.29. The van der Waals surface area contributed by atoms with Gasteiger partial charge < -0.3 is 15.0 Å². The zero-order chi connectivity index (χ0) is 19.0. The maximum absolute atomic E-state index is 12.8. The third kappa shape index (κ3) is 3.79. The van der Waals surface area contributed by atoms with E-state index in [0.29, 0.717) is 42.9 Å². The molecule has 3 fully saturated rings. The zero-order valence-electron chi connectivity index (χ0n) is 15.6. The highest BCUT2D eigenvalue weighted by Gasteiger charge is 2.40. The molecule has 27 heavy (non-hydrogen) atoms. The van der Waals surface area contributed by atoms with Crippen LogP contribution in [-0.4, -0.2) is 62.1 Å². The SMILES string of the molecule is COc1ccc(S(=O)(=O)N2CCN(C(=S)N[C@@H]3C[C@H]4CC[C@@H]3C4)CC2)cc1. The van der Waals surface area contributed by atoms with Crippen molar-refractivity contribution in [1.29, 1.82) is 0 Å². The number of benzene rings is 1. The third-order valence-electron chi connectivity index (χ3n) is 6.27. The summed E-state index contributed by atoms with van der Waals surface area (Å²) < 4.78 is 32.3. The second kappa shape index (κ2) is 7.56. The fourth-order valence-electron chi connectivity index (χ4n) is 4.70. The fraction of sp³-hybridized carbons (Fsp3) is 0.632. The summed E-state index contributed by atoms with van der Waals surface area (Å²) in [5.41, 5.74) is 0. The van der Waals surface area contributed by atoms with Crippen LogP contribution < -0.4 is 10.1 Å². The molecule has 0 spiro atoms. The van der Waals surface area contributed by atoms with Gasteiger partial charge in [0.05, 0.1) is 12.0 Å². The van der Waals surface area contributed by atoms with Crippen LogP contribution >= 0.6 is 12.2 Å². The molecule has 2 saturated carbocycles. The maximum atomic E-state index is 12.8. The second-order valence-corrected chi connectivity index (χ2v) is 10.1. The molecule has 1 saturated heterocycles. The van der Waals surface area contributed by atoms with Crippen LogP contribution in [0.15, 0.2) is 29.2 Å². The molecule has 1 aromatic rings. The Morgan fingerprint density at radius 3 is 2.37 bits per heavy atom. The molecular formula is C19H27N3O3S2. The summed E-state index contributed by atoms with van der Waals surface area (Å²) in [6.07, 6.45) is 5.26. The van der Waals surface area contributed by atoms with Crippen molar-refractivity contribution in [2.24, 2.45) is 11.8 Å². The lowest BCUT2D eigenvalue weighted by Gasteiger charge is -2.37. The van der Waals surface area contributed by atoms with Crippen molar-refractivity contribution in [1.82, 2.24) is 14.5 Å². The van der Waals surface area contributed by atoms with E-state index in [-0.39, 0.29) is 0 Å². The Bertz CT molecular complexity index is 789. The van der Waals surface area contributed by atoms with E-state index >= 15 is 0 Å². The minimum atomic E-state index is -3.48. The van der Waals surface area contributed by atoms with Gasteiger partial charge in [0.25, 0.3) is 0 Å². The monoisotopic (exact) mass is 409 g/mol. The lowest BCUT2D eigenvalue weighted by atomic mass is 9.95. The lowest BCUT2D eigenvalue weighted by molar-refractivity contribution is 0.258. The van der Waals surface area contributed by atoms with E-state index in [2.05, 4.69) is 10.2 Å². The van der Waals surface area contributed by atoms with Gasteiger partial charge in [-0.05, 0) is 67.6 Å². The molecule has 3 aliphatic rings. The molecule has 0 aromatic heterocycles. The van der Waals surface area contributed by atoms with Crippen molar-refractivity contribution < 1.29 is 13.2 Å². The van der Waals surface area contributed by atoms with Gasteiger partial charge in [0.2, 0.25) is 10.0 Å². The average Bonchev–Trinajstić information content (AvgIpc) is 3.31. The third-order valence-corrected chi connectivity index (χ3v) is 8.56. The number of rotatable bonds is 4. The van der Waals surface area contributed by atoms with Crippen molar-refractivity contribution in [2.75, 3.05) is 33.3 Å². The highest BCUT2D eigenvalue weighted by Crippen LogP contribution is 2.44. The van der Waals surface area contributed by atoms with E-state index in [1.54, 1.807) is 35.7 Å². The molecule has 0 amide bonds. The van der Waals surface area contributed by atoms with Crippen molar-refractivity contribution in [2.45, 2.75) is 36.6 Å². The number of nitrogens with one attached hydrogen (secondary N) is 1. The standard InChI is InChI=1S/C19H27N3O3S2/c1-25-16-4-6-17(7-5-16)27(23,24)22-10-8-21(9-11-22)19(26)20-18-13-14-2-3-15(18)12-14/h4-7,14-15,18H,2-3,8-13H2,1H3,(H,20,26)/t14-,15+,18+/m0/s1. The van der Waals surface area contributed by atoms with Crippen LogP contribution in [0.3, 0.4) is 0 Å². The normalized spacial score (nSPS) is 28.3. The van der Waals surface area contributed by atoms with Gasteiger partial charge >= 0.3 is 0 Å². The lowest BCUT2D eigenvalue weighted by Crippen LogP contribution is -2.54. The Kier molecular flexibility index (Phi) is 5.31. The fourth-order valence-corrected chi connectivity index (χ4v) is 6.46. The predicted octanol–water partition coefficient (Wildman–Crippen LogP) is 2.06. The number of hydrogen-bond donors (Lipinski definition) is 1. The minimum absolute atomic E-state index is 0.305. The molecule has 0 radical (unpaired) electrons. The molecule has 0 unspecified atom stereocenters. The van der Waals surface area contributed by atoms with Crippen molar-refractivity contribution in [3.63, 3.8) is 0 Å². The Hall–Kier alpha value is -1.38. The van der Waals surface area contributed by atoms with Crippen LogP contribution in [0.1, 0.15) is 25.7 Å². The van der Waals surface area contributed by atoms with E-state index < -0.39 is 10.0 Å². The van der Waals surface area contributed by atoms with Crippen LogP contribution in [-0.2, 0) is 10.0 Å². The van der Waals surface area contributed by atoms with Gasteiger partial charge in [-0.1, -0.05) is 6.42 Å². The molecule has 8 heteroatoms. The molecule has 1 heterocycles.